The maximum Gasteiger partial charge on any atom is 0.415 e. The van der Waals surface area contributed by atoms with Crippen LogP contribution in [0.4, 0.5) is 10.6 Å². The van der Waals surface area contributed by atoms with Crippen LogP contribution in [0.5, 0.6) is 5.75 Å². The Labute approximate surface area is 180 Å². The summed E-state index contributed by atoms with van der Waals surface area (Å²) in [5.74, 6) is 2.52. The van der Waals surface area contributed by atoms with Crippen molar-refractivity contribution in [2.75, 3.05) is 36.8 Å². The van der Waals surface area contributed by atoms with Crippen molar-refractivity contribution < 1.29 is 9.53 Å². The quantitative estimate of drug-likeness (QED) is 0.559. The minimum Gasteiger partial charge on any atom is -0.410 e. The van der Waals surface area contributed by atoms with Gasteiger partial charge in [-0.15, -0.1) is 11.8 Å². The third-order valence-electron chi connectivity index (χ3n) is 4.95. The van der Waals surface area contributed by atoms with E-state index in [4.69, 9.17) is 4.74 Å². The van der Waals surface area contributed by atoms with Gasteiger partial charge in [-0.3, -0.25) is 4.98 Å². The maximum atomic E-state index is 12.5. The molecular weight excluding hydrogens is 396 g/mol. The van der Waals surface area contributed by atoms with Crippen molar-refractivity contribution >= 4 is 23.7 Å². The molecule has 6 nitrogen and oxygen atoms in total. The summed E-state index contributed by atoms with van der Waals surface area (Å²) in [6, 6.07) is 17.7. The first-order chi connectivity index (χ1) is 14.8. The van der Waals surface area contributed by atoms with E-state index >= 15 is 0 Å². The van der Waals surface area contributed by atoms with Crippen LogP contribution in [0.15, 0.2) is 78.1 Å². The second kappa shape index (κ2) is 10.1. The van der Waals surface area contributed by atoms with E-state index in [0.717, 1.165) is 31.1 Å². The van der Waals surface area contributed by atoms with Crippen LogP contribution >= 0.6 is 11.8 Å². The molecule has 1 amide bonds. The van der Waals surface area contributed by atoms with Crippen molar-refractivity contribution in [1.29, 1.82) is 0 Å². The molecule has 0 saturated carbocycles. The molecule has 0 spiro atoms. The van der Waals surface area contributed by atoms with Gasteiger partial charge in [-0.25, -0.2) is 9.78 Å². The molecule has 1 aromatic carbocycles. The monoisotopic (exact) mass is 420 g/mol. The summed E-state index contributed by atoms with van der Waals surface area (Å²) in [5, 5.41) is 0. The molecule has 7 heteroatoms. The van der Waals surface area contributed by atoms with E-state index in [-0.39, 0.29) is 6.09 Å². The number of carbonyl (C=O) groups excluding carboxylic acids is 1. The molecule has 154 valence electrons. The van der Waals surface area contributed by atoms with Crippen molar-refractivity contribution in [3.05, 3.63) is 78.8 Å². The van der Waals surface area contributed by atoms with E-state index in [9.17, 15) is 4.79 Å². The number of pyridine rings is 2. The molecule has 0 N–H and O–H groups in total. The highest BCUT2D eigenvalue weighted by atomic mass is 32.2. The smallest absolute Gasteiger partial charge is 0.410 e. The van der Waals surface area contributed by atoms with Gasteiger partial charge in [0.05, 0.1) is 0 Å². The van der Waals surface area contributed by atoms with Crippen LogP contribution in [0.2, 0.25) is 0 Å². The number of carbonyl (C=O) groups is 1. The fraction of sp³-hybridized carbons (Fsp3) is 0.261. The van der Waals surface area contributed by atoms with Crippen molar-refractivity contribution in [2.24, 2.45) is 0 Å². The van der Waals surface area contributed by atoms with Gasteiger partial charge in [0, 0.05) is 55.4 Å². The van der Waals surface area contributed by atoms with Crippen LogP contribution in [-0.4, -0.2) is 52.9 Å². The molecule has 0 unspecified atom stereocenters. The summed E-state index contributed by atoms with van der Waals surface area (Å²) < 4.78 is 5.56. The second-order valence-corrected chi connectivity index (χ2v) is 8.12. The molecule has 2 aromatic heterocycles. The predicted molar refractivity (Wildman–Crippen MR) is 119 cm³/mol. The molecule has 1 aliphatic heterocycles. The zero-order valence-electron chi connectivity index (χ0n) is 16.7. The Morgan fingerprint density at radius 3 is 2.40 bits per heavy atom. The number of ether oxygens (including phenoxy) is 1. The number of amides is 1. The Morgan fingerprint density at radius 1 is 0.933 bits per heavy atom. The lowest BCUT2D eigenvalue weighted by atomic mass is 10.2. The minimum atomic E-state index is -0.295. The zero-order valence-corrected chi connectivity index (χ0v) is 17.5. The summed E-state index contributed by atoms with van der Waals surface area (Å²) in [6.07, 6.45) is 6.07. The highest BCUT2D eigenvalue weighted by molar-refractivity contribution is 7.99. The molecule has 0 radical (unpaired) electrons. The first kappa shape index (κ1) is 20.2. The Hall–Kier alpha value is -3.06. The van der Waals surface area contributed by atoms with Crippen molar-refractivity contribution in [3.8, 4) is 5.75 Å². The maximum absolute atomic E-state index is 12.5. The Kier molecular flexibility index (Phi) is 6.82. The van der Waals surface area contributed by atoms with Crippen molar-refractivity contribution in [2.45, 2.75) is 11.3 Å². The Bertz CT molecular complexity index is 930. The van der Waals surface area contributed by atoms with Crippen LogP contribution in [0.25, 0.3) is 0 Å². The molecule has 0 aliphatic carbocycles. The van der Waals surface area contributed by atoms with Crippen molar-refractivity contribution in [1.82, 2.24) is 14.9 Å². The second-order valence-electron chi connectivity index (χ2n) is 6.96. The van der Waals surface area contributed by atoms with E-state index in [1.54, 1.807) is 22.9 Å². The van der Waals surface area contributed by atoms with E-state index < -0.39 is 0 Å². The summed E-state index contributed by atoms with van der Waals surface area (Å²) >= 11 is 1.81. The number of piperazine rings is 1. The predicted octanol–water partition coefficient (Wildman–Crippen LogP) is 4.13. The summed E-state index contributed by atoms with van der Waals surface area (Å²) in [5.41, 5.74) is 1.22. The standard InChI is InChI=1S/C23H24N4O2S/c28-23(27-16-14-26(15-17-27)22-3-1-2-11-25-22)29-20-6-4-19(5-7-20)10-18-30-21-8-12-24-13-9-21/h1-9,11-13H,10,14-18H2. The van der Waals surface area contributed by atoms with Gasteiger partial charge in [0.15, 0.2) is 0 Å². The third kappa shape index (κ3) is 5.51. The zero-order chi connectivity index (χ0) is 20.6. The van der Waals surface area contributed by atoms with Crippen molar-refractivity contribution in [3.63, 3.8) is 0 Å². The summed E-state index contributed by atoms with van der Waals surface area (Å²) in [7, 11) is 0. The largest absolute Gasteiger partial charge is 0.415 e. The van der Waals surface area contributed by atoms with Gasteiger partial charge in [-0.05, 0) is 48.4 Å². The average Bonchev–Trinajstić information content (AvgIpc) is 2.81. The first-order valence-corrected chi connectivity index (χ1v) is 11.0. The molecule has 1 fully saturated rings. The molecule has 1 aliphatic rings. The van der Waals surface area contributed by atoms with E-state index in [0.29, 0.717) is 18.8 Å². The van der Waals surface area contributed by atoms with Crippen LogP contribution < -0.4 is 9.64 Å². The summed E-state index contributed by atoms with van der Waals surface area (Å²) in [6.45, 7) is 2.75. The number of aromatic nitrogens is 2. The Balaban J connectivity index is 1.22. The fourth-order valence-corrected chi connectivity index (χ4v) is 4.16. The van der Waals surface area contributed by atoms with Gasteiger partial charge in [0.25, 0.3) is 0 Å². The number of anilines is 1. The number of aryl methyl sites for hydroxylation is 1. The van der Waals surface area contributed by atoms with Gasteiger partial charge < -0.3 is 14.5 Å². The lowest BCUT2D eigenvalue weighted by Gasteiger charge is -2.34. The molecule has 3 aromatic rings. The molecule has 3 heterocycles. The Morgan fingerprint density at radius 2 is 1.70 bits per heavy atom. The molecule has 1 saturated heterocycles. The van der Waals surface area contributed by atoms with Crippen LogP contribution in [0.3, 0.4) is 0 Å². The molecule has 0 bridgehead atoms. The van der Waals surface area contributed by atoms with Gasteiger partial charge >= 0.3 is 6.09 Å². The third-order valence-corrected chi connectivity index (χ3v) is 5.96. The molecular formula is C23H24N4O2S. The van der Waals surface area contributed by atoms with E-state index in [1.165, 1.54) is 10.5 Å². The van der Waals surface area contributed by atoms with Gasteiger partial charge in [-0.1, -0.05) is 18.2 Å². The topological polar surface area (TPSA) is 58.6 Å². The van der Waals surface area contributed by atoms with Gasteiger partial charge in [0.1, 0.15) is 11.6 Å². The van der Waals surface area contributed by atoms with E-state index in [2.05, 4.69) is 14.9 Å². The number of rotatable bonds is 6. The van der Waals surface area contributed by atoms with Crippen LogP contribution in [-0.2, 0) is 6.42 Å². The number of thioether (sulfide) groups is 1. The normalized spacial score (nSPS) is 13.9. The highest BCUT2D eigenvalue weighted by Gasteiger charge is 2.23. The number of hydrogen-bond acceptors (Lipinski definition) is 6. The average molecular weight is 421 g/mol. The lowest BCUT2D eigenvalue weighted by molar-refractivity contribution is 0.149. The van der Waals surface area contributed by atoms with E-state index in [1.807, 2.05) is 67.0 Å². The molecule has 30 heavy (non-hydrogen) atoms. The first-order valence-electron chi connectivity index (χ1n) is 10.0. The lowest BCUT2D eigenvalue weighted by Crippen LogP contribution is -2.49. The van der Waals surface area contributed by atoms with Crippen LogP contribution in [0.1, 0.15) is 5.56 Å². The fourth-order valence-electron chi connectivity index (χ4n) is 3.27. The number of hydrogen-bond donors (Lipinski definition) is 0. The SMILES string of the molecule is O=C(Oc1ccc(CCSc2ccncc2)cc1)N1CCN(c2ccccn2)CC1. The molecule has 0 atom stereocenters. The van der Waals surface area contributed by atoms with Gasteiger partial charge in [-0.2, -0.15) is 0 Å². The van der Waals surface area contributed by atoms with Gasteiger partial charge in [0.2, 0.25) is 0 Å². The highest BCUT2D eigenvalue weighted by Crippen LogP contribution is 2.20. The summed E-state index contributed by atoms with van der Waals surface area (Å²) in [4.78, 5) is 26.0. The molecule has 4 rings (SSSR count). The number of benzene rings is 1. The van der Waals surface area contributed by atoms with Crippen LogP contribution in [0, 0.1) is 0 Å². The minimum absolute atomic E-state index is 0.295. The number of nitrogens with zero attached hydrogens (tertiary/aromatic N) is 4.